The summed E-state index contributed by atoms with van der Waals surface area (Å²) in [6.07, 6.45) is 5.55. The van der Waals surface area contributed by atoms with Crippen molar-refractivity contribution in [3.63, 3.8) is 0 Å². The predicted molar refractivity (Wildman–Crippen MR) is 77.4 cm³/mol. The van der Waals surface area contributed by atoms with Crippen molar-refractivity contribution >= 4 is 11.8 Å². The number of hydrogen-bond donors (Lipinski definition) is 1. The zero-order valence-electron chi connectivity index (χ0n) is 10.9. The molecule has 2 N–H and O–H groups in total. The van der Waals surface area contributed by atoms with E-state index in [1.807, 2.05) is 0 Å². The van der Waals surface area contributed by atoms with Gasteiger partial charge in [0.15, 0.2) is 0 Å². The van der Waals surface area contributed by atoms with Crippen LogP contribution in [-0.4, -0.2) is 11.3 Å². The summed E-state index contributed by atoms with van der Waals surface area (Å²) >= 11 is 2.10. The third-order valence-electron chi connectivity index (χ3n) is 3.61. The van der Waals surface area contributed by atoms with Gasteiger partial charge in [0.2, 0.25) is 0 Å². The molecule has 17 heavy (non-hydrogen) atoms. The van der Waals surface area contributed by atoms with Crippen LogP contribution in [0.25, 0.3) is 0 Å². The van der Waals surface area contributed by atoms with Gasteiger partial charge in [0.25, 0.3) is 0 Å². The first-order valence-corrected chi connectivity index (χ1v) is 7.59. The molecule has 1 aliphatic rings. The second-order valence-electron chi connectivity index (χ2n) is 5.18. The van der Waals surface area contributed by atoms with Crippen molar-refractivity contribution in [2.75, 3.05) is 0 Å². The molecule has 1 aromatic rings. The minimum atomic E-state index is 0.224. The Labute approximate surface area is 109 Å². The van der Waals surface area contributed by atoms with Crippen LogP contribution in [0.15, 0.2) is 24.3 Å². The molecule has 0 radical (unpaired) electrons. The van der Waals surface area contributed by atoms with Crippen LogP contribution < -0.4 is 5.73 Å². The summed E-state index contributed by atoms with van der Waals surface area (Å²) in [6, 6.07) is 8.90. The lowest BCUT2D eigenvalue weighted by atomic mass is 10.0. The highest BCUT2D eigenvalue weighted by Gasteiger charge is 2.25. The SMILES string of the molecule is Cc1ccccc1C(SC1CCCC1)C(C)N. The Bertz CT molecular complexity index is 356. The van der Waals surface area contributed by atoms with Gasteiger partial charge in [-0.1, -0.05) is 37.1 Å². The molecule has 0 bridgehead atoms. The molecule has 0 aliphatic heterocycles. The fourth-order valence-electron chi connectivity index (χ4n) is 2.62. The maximum absolute atomic E-state index is 6.19. The lowest BCUT2D eigenvalue weighted by molar-refractivity contribution is 0.711. The molecule has 2 atom stereocenters. The third kappa shape index (κ3) is 3.26. The molecule has 2 unspecified atom stereocenters. The van der Waals surface area contributed by atoms with E-state index in [9.17, 15) is 0 Å². The minimum Gasteiger partial charge on any atom is -0.327 e. The standard InChI is InChI=1S/C15H23NS/c1-11-7-3-6-10-14(11)15(12(2)16)17-13-8-4-5-9-13/h3,6-7,10,12-13,15H,4-5,8-9,16H2,1-2H3. The summed E-state index contributed by atoms with van der Waals surface area (Å²) in [6.45, 7) is 4.33. The molecule has 1 aromatic carbocycles. The first-order chi connectivity index (χ1) is 8.18. The van der Waals surface area contributed by atoms with Crippen LogP contribution in [0.4, 0.5) is 0 Å². The summed E-state index contributed by atoms with van der Waals surface area (Å²) in [5, 5.41) is 1.28. The van der Waals surface area contributed by atoms with Crippen molar-refractivity contribution in [1.82, 2.24) is 0 Å². The van der Waals surface area contributed by atoms with Gasteiger partial charge in [-0.25, -0.2) is 0 Å². The Morgan fingerprint density at radius 3 is 2.47 bits per heavy atom. The van der Waals surface area contributed by atoms with Crippen molar-refractivity contribution < 1.29 is 0 Å². The average Bonchev–Trinajstić information content (AvgIpc) is 2.79. The molecule has 0 saturated heterocycles. The van der Waals surface area contributed by atoms with Crippen LogP contribution in [-0.2, 0) is 0 Å². The van der Waals surface area contributed by atoms with Crippen molar-refractivity contribution in [1.29, 1.82) is 0 Å². The average molecular weight is 249 g/mol. The van der Waals surface area contributed by atoms with Crippen LogP contribution in [0.3, 0.4) is 0 Å². The molecule has 1 saturated carbocycles. The van der Waals surface area contributed by atoms with Gasteiger partial charge in [0, 0.05) is 16.5 Å². The van der Waals surface area contributed by atoms with Crippen LogP contribution in [0, 0.1) is 6.92 Å². The molecule has 0 spiro atoms. The monoisotopic (exact) mass is 249 g/mol. The van der Waals surface area contributed by atoms with Crippen molar-refractivity contribution in [3.05, 3.63) is 35.4 Å². The predicted octanol–water partition coefficient (Wildman–Crippen LogP) is 4.06. The number of aryl methyl sites for hydroxylation is 1. The number of benzene rings is 1. The highest BCUT2D eigenvalue weighted by atomic mass is 32.2. The molecule has 1 aliphatic carbocycles. The molecule has 0 heterocycles. The van der Waals surface area contributed by atoms with Crippen LogP contribution in [0.2, 0.25) is 0 Å². The molecule has 0 aromatic heterocycles. The van der Waals surface area contributed by atoms with E-state index in [0.717, 1.165) is 5.25 Å². The van der Waals surface area contributed by atoms with Gasteiger partial charge in [-0.2, -0.15) is 0 Å². The van der Waals surface area contributed by atoms with Gasteiger partial charge in [-0.3, -0.25) is 0 Å². The Morgan fingerprint density at radius 2 is 1.88 bits per heavy atom. The first kappa shape index (κ1) is 13.0. The van der Waals surface area contributed by atoms with E-state index in [-0.39, 0.29) is 6.04 Å². The second kappa shape index (κ2) is 5.92. The highest BCUT2D eigenvalue weighted by molar-refractivity contribution is 8.00. The summed E-state index contributed by atoms with van der Waals surface area (Å²) in [7, 11) is 0. The second-order valence-corrected chi connectivity index (χ2v) is 6.63. The smallest absolute Gasteiger partial charge is 0.0451 e. The molecule has 1 fully saturated rings. The fourth-order valence-corrected chi connectivity index (χ4v) is 4.30. The minimum absolute atomic E-state index is 0.224. The molecule has 94 valence electrons. The Kier molecular flexibility index (Phi) is 4.52. The van der Waals surface area contributed by atoms with Gasteiger partial charge in [-0.05, 0) is 37.8 Å². The first-order valence-electron chi connectivity index (χ1n) is 6.65. The lowest BCUT2D eigenvalue weighted by Crippen LogP contribution is -2.24. The van der Waals surface area contributed by atoms with Crippen molar-refractivity contribution in [2.24, 2.45) is 5.73 Å². The zero-order valence-corrected chi connectivity index (χ0v) is 11.7. The number of rotatable bonds is 4. The normalized spacial score (nSPS) is 20.4. The quantitative estimate of drug-likeness (QED) is 0.871. The summed E-state index contributed by atoms with van der Waals surface area (Å²) < 4.78 is 0. The van der Waals surface area contributed by atoms with Crippen LogP contribution in [0.5, 0.6) is 0 Å². The molecule has 0 amide bonds. The number of thioether (sulfide) groups is 1. The number of hydrogen-bond acceptors (Lipinski definition) is 2. The maximum atomic E-state index is 6.19. The third-order valence-corrected chi connectivity index (χ3v) is 5.45. The van der Waals surface area contributed by atoms with Gasteiger partial charge in [-0.15, -0.1) is 11.8 Å². The van der Waals surface area contributed by atoms with E-state index in [1.165, 1.54) is 36.8 Å². The molecule has 1 nitrogen and oxygen atoms in total. The van der Waals surface area contributed by atoms with E-state index in [1.54, 1.807) is 0 Å². The van der Waals surface area contributed by atoms with E-state index in [2.05, 4.69) is 49.9 Å². The lowest BCUT2D eigenvalue weighted by Gasteiger charge is -2.25. The fraction of sp³-hybridized carbons (Fsp3) is 0.600. The van der Waals surface area contributed by atoms with Crippen molar-refractivity contribution in [2.45, 2.75) is 56.1 Å². The Balaban J connectivity index is 2.14. The van der Waals surface area contributed by atoms with E-state index in [4.69, 9.17) is 5.73 Å². The topological polar surface area (TPSA) is 26.0 Å². The van der Waals surface area contributed by atoms with E-state index >= 15 is 0 Å². The summed E-state index contributed by atoms with van der Waals surface area (Å²) in [5.74, 6) is 0. The summed E-state index contributed by atoms with van der Waals surface area (Å²) in [5.41, 5.74) is 9.00. The van der Waals surface area contributed by atoms with E-state index < -0.39 is 0 Å². The van der Waals surface area contributed by atoms with Gasteiger partial charge in [0.1, 0.15) is 0 Å². The molecular weight excluding hydrogens is 226 g/mol. The van der Waals surface area contributed by atoms with Crippen molar-refractivity contribution in [3.8, 4) is 0 Å². The van der Waals surface area contributed by atoms with Gasteiger partial charge < -0.3 is 5.73 Å². The summed E-state index contributed by atoms with van der Waals surface area (Å²) in [4.78, 5) is 0. The Morgan fingerprint density at radius 1 is 1.24 bits per heavy atom. The zero-order chi connectivity index (χ0) is 12.3. The van der Waals surface area contributed by atoms with Crippen LogP contribution >= 0.6 is 11.8 Å². The van der Waals surface area contributed by atoms with Crippen LogP contribution in [0.1, 0.15) is 49.0 Å². The Hall–Kier alpha value is -0.470. The highest BCUT2D eigenvalue weighted by Crippen LogP contribution is 2.41. The van der Waals surface area contributed by atoms with Gasteiger partial charge in [0.05, 0.1) is 0 Å². The largest absolute Gasteiger partial charge is 0.327 e. The molecular formula is C15H23NS. The number of nitrogens with two attached hydrogens (primary N) is 1. The maximum Gasteiger partial charge on any atom is 0.0451 e. The van der Waals surface area contributed by atoms with E-state index in [0.29, 0.717) is 5.25 Å². The molecule has 2 heteroatoms. The molecule has 2 rings (SSSR count). The van der Waals surface area contributed by atoms with Gasteiger partial charge >= 0.3 is 0 Å².